The van der Waals surface area contributed by atoms with Gasteiger partial charge in [0.05, 0.1) is 25.2 Å². The predicted molar refractivity (Wildman–Crippen MR) is 95.7 cm³/mol. The average molecular weight is 357 g/mol. The van der Waals surface area contributed by atoms with Crippen molar-refractivity contribution in [3.05, 3.63) is 41.6 Å². The summed E-state index contributed by atoms with van der Waals surface area (Å²) < 4.78 is 7.43. The number of anilines is 1. The third-order valence-electron chi connectivity index (χ3n) is 4.57. The van der Waals surface area contributed by atoms with Gasteiger partial charge in [-0.1, -0.05) is 0 Å². The molecule has 0 aliphatic carbocycles. The van der Waals surface area contributed by atoms with Gasteiger partial charge in [0.1, 0.15) is 11.5 Å². The van der Waals surface area contributed by atoms with Gasteiger partial charge in [-0.05, 0) is 31.9 Å². The number of fused-ring (bicyclic) bond motifs is 1. The standard InChI is InChI=1S/C18H23N5O3/c1-12(4-5-23-10-19-8-17(23)22(3)11-24)21-18(25)16-6-15-13(2)26-9-14(15)7-20-16/h6-8,10-13H,4-5,9H2,1-3H3,(H,21,25). The summed E-state index contributed by atoms with van der Waals surface area (Å²) in [4.78, 5) is 33.1. The molecule has 3 heterocycles. The number of carbonyl (C=O) groups excluding carboxylic acids is 2. The Morgan fingerprint density at radius 3 is 3.12 bits per heavy atom. The molecule has 3 rings (SSSR count). The number of aromatic nitrogens is 3. The second kappa shape index (κ2) is 7.65. The number of rotatable bonds is 7. The summed E-state index contributed by atoms with van der Waals surface area (Å²) in [6.45, 7) is 5.09. The lowest BCUT2D eigenvalue weighted by molar-refractivity contribution is -0.107. The van der Waals surface area contributed by atoms with E-state index in [1.165, 1.54) is 4.90 Å². The first kappa shape index (κ1) is 18.1. The topological polar surface area (TPSA) is 89.4 Å². The summed E-state index contributed by atoms with van der Waals surface area (Å²) in [5.41, 5.74) is 2.46. The Morgan fingerprint density at radius 1 is 1.54 bits per heavy atom. The minimum absolute atomic E-state index is 0.00792. The lowest BCUT2D eigenvalue weighted by Gasteiger charge is -2.17. The summed E-state index contributed by atoms with van der Waals surface area (Å²) in [5.74, 6) is 0.517. The summed E-state index contributed by atoms with van der Waals surface area (Å²) in [6, 6.07) is 1.75. The number of carbonyl (C=O) groups is 2. The minimum atomic E-state index is -0.199. The van der Waals surface area contributed by atoms with Gasteiger partial charge in [0.2, 0.25) is 6.41 Å². The molecule has 0 saturated heterocycles. The molecule has 138 valence electrons. The first-order chi connectivity index (χ1) is 12.5. The molecule has 0 spiro atoms. The van der Waals surface area contributed by atoms with E-state index < -0.39 is 0 Å². The van der Waals surface area contributed by atoms with Crippen LogP contribution >= 0.6 is 0 Å². The predicted octanol–water partition coefficient (Wildman–Crippen LogP) is 1.67. The zero-order chi connectivity index (χ0) is 18.7. The van der Waals surface area contributed by atoms with Gasteiger partial charge in [-0.15, -0.1) is 0 Å². The maximum absolute atomic E-state index is 12.5. The number of hydrogen-bond donors (Lipinski definition) is 1. The van der Waals surface area contributed by atoms with Crippen molar-refractivity contribution in [1.82, 2.24) is 19.9 Å². The number of aryl methyl sites for hydroxylation is 1. The molecule has 0 bridgehead atoms. The van der Waals surface area contributed by atoms with Crippen LogP contribution in [-0.2, 0) is 22.7 Å². The van der Waals surface area contributed by atoms with Crippen molar-refractivity contribution in [2.24, 2.45) is 0 Å². The highest BCUT2D eigenvalue weighted by molar-refractivity contribution is 5.92. The molecule has 26 heavy (non-hydrogen) atoms. The van der Waals surface area contributed by atoms with E-state index in [0.29, 0.717) is 31.1 Å². The highest BCUT2D eigenvalue weighted by atomic mass is 16.5. The van der Waals surface area contributed by atoms with E-state index >= 15 is 0 Å². The highest BCUT2D eigenvalue weighted by Crippen LogP contribution is 2.29. The third-order valence-corrected chi connectivity index (χ3v) is 4.57. The van der Waals surface area contributed by atoms with Crippen LogP contribution in [0.3, 0.4) is 0 Å². The van der Waals surface area contributed by atoms with E-state index in [1.807, 2.05) is 24.5 Å². The van der Waals surface area contributed by atoms with Gasteiger partial charge < -0.3 is 19.5 Å². The van der Waals surface area contributed by atoms with Crippen molar-refractivity contribution >= 4 is 18.1 Å². The van der Waals surface area contributed by atoms with Crippen LogP contribution < -0.4 is 10.2 Å². The first-order valence-corrected chi connectivity index (χ1v) is 8.59. The molecular weight excluding hydrogens is 334 g/mol. The smallest absolute Gasteiger partial charge is 0.270 e. The third kappa shape index (κ3) is 3.75. The van der Waals surface area contributed by atoms with Crippen molar-refractivity contribution in [3.8, 4) is 0 Å². The largest absolute Gasteiger partial charge is 0.369 e. The Labute approximate surface area is 152 Å². The van der Waals surface area contributed by atoms with Crippen molar-refractivity contribution in [2.45, 2.75) is 45.6 Å². The molecule has 8 nitrogen and oxygen atoms in total. The fraction of sp³-hybridized carbons (Fsp3) is 0.444. The van der Waals surface area contributed by atoms with Crippen LogP contribution in [0.5, 0.6) is 0 Å². The van der Waals surface area contributed by atoms with E-state index in [0.717, 1.165) is 17.5 Å². The van der Waals surface area contributed by atoms with Crippen molar-refractivity contribution in [2.75, 3.05) is 11.9 Å². The van der Waals surface area contributed by atoms with Gasteiger partial charge in [0.25, 0.3) is 5.91 Å². The molecule has 2 aromatic rings. The van der Waals surface area contributed by atoms with Crippen LogP contribution in [0.1, 0.15) is 48.0 Å². The van der Waals surface area contributed by atoms with Gasteiger partial charge >= 0.3 is 0 Å². The molecule has 1 N–H and O–H groups in total. The maximum Gasteiger partial charge on any atom is 0.270 e. The van der Waals surface area contributed by atoms with Crippen LogP contribution in [0.2, 0.25) is 0 Å². The molecule has 8 heteroatoms. The normalized spacial score (nSPS) is 16.8. The molecule has 0 radical (unpaired) electrons. The number of amides is 2. The number of hydrogen-bond acceptors (Lipinski definition) is 5. The van der Waals surface area contributed by atoms with Crippen molar-refractivity contribution in [3.63, 3.8) is 0 Å². The summed E-state index contributed by atoms with van der Waals surface area (Å²) in [6.07, 6.45) is 6.45. The number of pyridine rings is 1. The molecule has 0 saturated carbocycles. The zero-order valence-electron chi connectivity index (χ0n) is 15.2. The Kier molecular flexibility index (Phi) is 5.32. The van der Waals surface area contributed by atoms with Gasteiger partial charge in [0, 0.05) is 31.4 Å². The monoisotopic (exact) mass is 357 g/mol. The quantitative estimate of drug-likeness (QED) is 0.762. The van der Waals surface area contributed by atoms with Crippen molar-refractivity contribution in [1.29, 1.82) is 0 Å². The molecule has 1 aliphatic heterocycles. The van der Waals surface area contributed by atoms with Gasteiger partial charge in [-0.2, -0.15) is 0 Å². The number of nitrogens with one attached hydrogen (secondary N) is 1. The van der Waals surface area contributed by atoms with Crippen LogP contribution in [0.4, 0.5) is 5.82 Å². The maximum atomic E-state index is 12.5. The Bertz CT molecular complexity index is 804. The van der Waals surface area contributed by atoms with Crippen molar-refractivity contribution < 1.29 is 14.3 Å². The molecule has 0 fully saturated rings. The number of ether oxygens (including phenoxy) is 1. The average Bonchev–Trinajstić information content (AvgIpc) is 3.26. The molecule has 2 aromatic heterocycles. The molecule has 2 unspecified atom stereocenters. The summed E-state index contributed by atoms with van der Waals surface area (Å²) in [5, 5.41) is 2.97. The van der Waals surface area contributed by atoms with Gasteiger partial charge in [-0.3, -0.25) is 14.6 Å². The van der Waals surface area contributed by atoms with Crippen LogP contribution in [0.25, 0.3) is 0 Å². The van der Waals surface area contributed by atoms with E-state index in [4.69, 9.17) is 4.74 Å². The first-order valence-electron chi connectivity index (χ1n) is 8.59. The molecule has 1 aliphatic rings. The lowest BCUT2D eigenvalue weighted by atomic mass is 10.1. The fourth-order valence-corrected chi connectivity index (χ4v) is 2.96. The van der Waals surface area contributed by atoms with Gasteiger partial charge in [-0.25, -0.2) is 4.98 Å². The SMILES string of the molecule is CC(CCn1cncc1N(C)C=O)NC(=O)c1cc2c(cn1)COC2C. The Morgan fingerprint density at radius 2 is 2.35 bits per heavy atom. The van der Waals surface area contributed by atoms with Gasteiger partial charge in [0.15, 0.2) is 0 Å². The van der Waals surface area contributed by atoms with E-state index in [2.05, 4.69) is 15.3 Å². The number of imidazole rings is 1. The van der Waals surface area contributed by atoms with E-state index in [9.17, 15) is 9.59 Å². The van der Waals surface area contributed by atoms with E-state index in [-0.39, 0.29) is 18.1 Å². The fourth-order valence-electron chi connectivity index (χ4n) is 2.96. The molecule has 0 aromatic carbocycles. The number of nitrogens with zero attached hydrogens (tertiary/aromatic N) is 4. The van der Waals surface area contributed by atoms with Crippen LogP contribution in [0.15, 0.2) is 24.8 Å². The van der Waals surface area contributed by atoms with E-state index in [1.54, 1.807) is 25.8 Å². The second-order valence-corrected chi connectivity index (χ2v) is 6.55. The summed E-state index contributed by atoms with van der Waals surface area (Å²) in [7, 11) is 1.68. The second-order valence-electron chi connectivity index (χ2n) is 6.55. The Balaban J connectivity index is 1.58. The molecular formula is C18H23N5O3. The highest BCUT2D eigenvalue weighted by Gasteiger charge is 2.22. The Hall–Kier alpha value is -2.74. The van der Waals surface area contributed by atoms with Crippen LogP contribution in [-0.4, -0.2) is 39.9 Å². The molecule has 2 atom stereocenters. The zero-order valence-corrected chi connectivity index (χ0v) is 15.2. The minimum Gasteiger partial charge on any atom is -0.369 e. The van der Waals surface area contributed by atoms with Crippen LogP contribution in [0, 0.1) is 0 Å². The lowest BCUT2D eigenvalue weighted by Crippen LogP contribution is -2.34. The summed E-state index contributed by atoms with van der Waals surface area (Å²) >= 11 is 0. The molecule has 2 amide bonds.